The Bertz CT molecular complexity index is 430. The fraction of sp³-hybridized carbons (Fsp3) is 0.538. The van der Waals surface area contributed by atoms with E-state index in [0.29, 0.717) is 4.47 Å². The van der Waals surface area contributed by atoms with E-state index in [-0.39, 0.29) is 16.9 Å². The SMILES string of the molecule is CSC1(CNCc2c(F)ccc(Br)c2F)CCC1. The highest BCUT2D eigenvalue weighted by molar-refractivity contribution is 9.10. The molecule has 100 valence electrons. The van der Waals surface area contributed by atoms with Gasteiger partial charge in [0.25, 0.3) is 0 Å². The van der Waals surface area contributed by atoms with Crippen molar-refractivity contribution in [1.29, 1.82) is 0 Å². The van der Waals surface area contributed by atoms with E-state index in [1.54, 1.807) is 0 Å². The molecule has 0 heterocycles. The summed E-state index contributed by atoms with van der Waals surface area (Å²) in [6.45, 7) is 1.04. The van der Waals surface area contributed by atoms with Gasteiger partial charge < -0.3 is 5.32 Å². The lowest BCUT2D eigenvalue weighted by atomic mass is 9.84. The molecule has 1 aliphatic carbocycles. The van der Waals surface area contributed by atoms with E-state index in [1.165, 1.54) is 31.4 Å². The molecule has 18 heavy (non-hydrogen) atoms. The monoisotopic (exact) mass is 335 g/mol. The summed E-state index contributed by atoms with van der Waals surface area (Å²) in [5, 5.41) is 3.18. The van der Waals surface area contributed by atoms with Crippen molar-refractivity contribution in [2.24, 2.45) is 0 Å². The molecular weight excluding hydrogens is 320 g/mol. The molecule has 0 atom stereocenters. The minimum Gasteiger partial charge on any atom is -0.311 e. The number of rotatable bonds is 5. The molecule has 0 unspecified atom stereocenters. The van der Waals surface area contributed by atoms with Crippen molar-refractivity contribution in [3.8, 4) is 0 Å². The van der Waals surface area contributed by atoms with Crippen molar-refractivity contribution in [2.45, 2.75) is 30.6 Å². The maximum atomic E-state index is 13.7. The van der Waals surface area contributed by atoms with Crippen molar-refractivity contribution in [3.05, 3.63) is 33.8 Å². The maximum Gasteiger partial charge on any atom is 0.144 e. The summed E-state index contributed by atoms with van der Waals surface area (Å²) in [5.74, 6) is -0.996. The highest BCUT2D eigenvalue weighted by Gasteiger charge is 2.35. The summed E-state index contributed by atoms with van der Waals surface area (Å²) in [7, 11) is 0. The number of halogens is 3. The lowest BCUT2D eigenvalue weighted by molar-refractivity contribution is 0.343. The van der Waals surface area contributed by atoms with Crippen LogP contribution < -0.4 is 5.32 Å². The Hall–Kier alpha value is -0.130. The molecule has 1 aliphatic rings. The van der Waals surface area contributed by atoms with Gasteiger partial charge in [-0.3, -0.25) is 0 Å². The van der Waals surface area contributed by atoms with Crippen molar-refractivity contribution in [1.82, 2.24) is 5.32 Å². The highest BCUT2D eigenvalue weighted by atomic mass is 79.9. The number of thioether (sulfide) groups is 1. The quantitative estimate of drug-likeness (QED) is 0.813. The molecule has 1 saturated carbocycles. The Balaban J connectivity index is 1.96. The third kappa shape index (κ3) is 2.89. The lowest BCUT2D eigenvalue weighted by Gasteiger charge is -2.40. The topological polar surface area (TPSA) is 12.0 Å². The van der Waals surface area contributed by atoms with Crippen molar-refractivity contribution in [3.63, 3.8) is 0 Å². The van der Waals surface area contributed by atoms with E-state index in [9.17, 15) is 8.78 Å². The average molecular weight is 336 g/mol. The molecule has 0 bridgehead atoms. The Morgan fingerprint density at radius 2 is 2.11 bits per heavy atom. The van der Waals surface area contributed by atoms with Crippen LogP contribution in [0.15, 0.2) is 16.6 Å². The third-order valence-electron chi connectivity index (χ3n) is 3.59. The second kappa shape index (κ2) is 5.88. The van der Waals surface area contributed by atoms with Crippen molar-refractivity contribution in [2.75, 3.05) is 12.8 Å². The van der Waals surface area contributed by atoms with Gasteiger partial charge in [-0.25, -0.2) is 8.78 Å². The number of hydrogen-bond donors (Lipinski definition) is 1. The molecule has 0 aromatic heterocycles. The van der Waals surface area contributed by atoms with Crippen LogP contribution >= 0.6 is 27.7 Å². The van der Waals surface area contributed by atoms with Crippen LogP contribution in [0.5, 0.6) is 0 Å². The molecule has 2 rings (SSSR count). The summed E-state index contributed by atoms with van der Waals surface area (Å²) in [4.78, 5) is 0. The minimum atomic E-state index is -0.505. The smallest absolute Gasteiger partial charge is 0.144 e. The van der Waals surface area contributed by atoms with E-state index in [1.807, 2.05) is 11.8 Å². The van der Waals surface area contributed by atoms with Gasteiger partial charge in [-0.05, 0) is 47.2 Å². The molecule has 1 nitrogen and oxygen atoms in total. The molecule has 1 N–H and O–H groups in total. The highest BCUT2D eigenvalue weighted by Crippen LogP contribution is 2.42. The Labute approximate surface area is 119 Å². The predicted octanol–water partition coefficient (Wildman–Crippen LogP) is 4.10. The predicted molar refractivity (Wildman–Crippen MR) is 75.9 cm³/mol. The summed E-state index contributed by atoms with van der Waals surface area (Å²) < 4.78 is 27.8. The molecular formula is C13H16BrF2NS. The maximum absolute atomic E-state index is 13.7. The van der Waals surface area contributed by atoms with Crippen LogP contribution in [-0.2, 0) is 6.54 Å². The number of nitrogens with one attached hydrogen (secondary N) is 1. The van der Waals surface area contributed by atoms with Crippen LogP contribution in [0.25, 0.3) is 0 Å². The molecule has 0 radical (unpaired) electrons. The van der Waals surface area contributed by atoms with Gasteiger partial charge in [0, 0.05) is 23.4 Å². The van der Waals surface area contributed by atoms with Gasteiger partial charge in [0.05, 0.1) is 4.47 Å². The standard InChI is InChI=1S/C13H16BrF2NS/c1-18-13(5-2-6-13)8-17-7-9-11(15)4-3-10(14)12(9)16/h3-4,17H,2,5-8H2,1H3. The van der Waals surface area contributed by atoms with Crippen LogP contribution in [0, 0.1) is 11.6 Å². The normalized spacial score (nSPS) is 17.6. The largest absolute Gasteiger partial charge is 0.311 e. The van der Waals surface area contributed by atoms with E-state index in [2.05, 4.69) is 27.5 Å². The second-order valence-corrected chi connectivity index (χ2v) is 6.79. The molecule has 1 aromatic rings. The molecule has 0 spiro atoms. The Morgan fingerprint density at radius 1 is 1.39 bits per heavy atom. The summed E-state index contributed by atoms with van der Waals surface area (Å²) >= 11 is 4.92. The number of benzene rings is 1. The van der Waals surface area contributed by atoms with Gasteiger partial charge in [-0.1, -0.05) is 6.42 Å². The van der Waals surface area contributed by atoms with Crippen LogP contribution in [0.3, 0.4) is 0 Å². The van der Waals surface area contributed by atoms with Crippen LogP contribution in [0.1, 0.15) is 24.8 Å². The number of hydrogen-bond acceptors (Lipinski definition) is 2. The second-order valence-electron chi connectivity index (χ2n) is 4.67. The minimum absolute atomic E-state index is 0.111. The first-order valence-electron chi connectivity index (χ1n) is 5.96. The summed E-state index contributed by atoms with van der Waals surface area (Å²) in [5.41, 5.74) is 0.111. The molecule has 5 heteroatoms. The third-order valence-corrected chi connectivity index (χ3v) is 5.62. The van der Waals surface area contributed by atoms with Crippen molar-refractivity contribution >= 4 is 27.7 Å². The van der Waals surface area contributed by atoms with Gasteiger partial charge in [0.1, 0.15) is 11.6 Å². The summed E-state index contributed by atoms with van der Waals surface area (Å²) in [6.07, 6.45) is 5.72. The van der Waals surface area contributed by atoms with E-state index in [0.717, 1.165) is 6.54 Å². The zero-order chi connectivity index (χ0) is 13.2. The van der Waals surface area contributed by atoms with Gasteiger partial charge >= 0.3 is 0 Å². The van der Waals surface area contributed by atoms with Crippen LogP contribution in [0.4, 0.5) is 8.78 Å². The molecule has 0 amide bonds. The van der Waals surface area contributed by atoms with E-state index >= 15 is 0 Å². The zero-order valence-electron chi connectivity index (χ0n) is 10.2. The molecule has 1 fully saturated rings. The lowest BCUT2D eigenvalue weighted by Crippen LogP contribution is -2.43. The van der Waals surface area contributed by atoms with E-state index < -0.39 is 11.6 Å². The Kier molecular flexibility index (Phi) is 4.67. The van der Waals surface area contributed by atoms with Crippen molar-refractivity contribution < 1.29 is 8.78 Å². The first-order valence-corrected chi connectivity index (χ1v) is 7.98. The van der Waals surface area contributed by atoms with E-state index in [4.69, 9.17) is 0 Å². The fourth-order valence-corrected chi connectivity index (χ4v) is 3.49. The van der Waals surface area contributed by atoms with Crippen LogP contribution in [-0.4, -0.2) is 17.5 Å². The van der Waals surface area contributed by atoms with Gasteiger partial charge in [-0.15, -0.1) is 0 Å². The fourth-order valence-electron chi connectivity index (χ4n) is 2.17. The van der Waals surface area contributed by atoms with Crippen LogP contribution in [0.2, 0.25) is 0 Å². The molecule has 0 saturated heterocycles. The van der Waals surface area contributed by atoms with Gasteiger partial charge in [-0.2, -0.15) is 11.8 Å². The van der Waals surface area contributed by atoms with Gasteiger partial charge in [0.15, 0.2) is 0 Å². The first kappa shape index (κ1) is 14.3. The van der Waals surface area contributed by atoms with Gasteiger partial charge in [0.2, 0.25) is 0 Å². The summed E-state index contributed by atoms with van der Waals surface area (Å²) in [6, 6.07) is 2.68. The molecule has 0 aliphatic heterocycles. The first-order chi connectivity index (χ1) is 8.58. The zero-order valence-corrected chi connectivity index (χ0v) is 12.6. The Morgan fingerprint density at radius 3 is 2.67 bits per heavy atom. The molecule has 1 aromatic carbocycles. The average Bonchev–Trinajstić information content (AvgIpc) is 2.31.